The van der Waals surface area contributed by atoms with Gasteiger partial charge in [-0.05, 0) is 17.7 Å². The maximum absolute atomic E-state index is 12.8. The molecule has 2 rings (SSSR count). The van der Waals surface area contributed by atoms with Gasteiger partial charge in [-0.25, -0.2) is 9.97 Å². The van der Waals surface area contributed by atoms with E-state index in [-0.39, 0.29) is 22.7 Å². The number of aromatic nitrogens is 2. The van der Waals surface area contributed by atoms with Gasteiger partial charge in [-0.15, -0.1) is 0 Å². The van der Waals surface area contributed by atoms with Crippen molar-refractivity contribution >= 4 is 22.5 Å². The fourth-order valence-electron chi connectivity index (χ4n) is 1.57. The van der Waals surface area contributed by atoms with Crippen molar-refractivity contribution in [1.82, 2.24) is 9.97 Å². The van der Waals surface area contributed by atoms with Crippen molar-refractivity contribution < 1.29 is 13.2 Å². The molecule has 1 heterocycles. The molecule has 0 spiro atoms. The minimum atomic E-state index is -4.48. The van der Waals surface area contributed by atoms with Crippen molar-refractivity contribution in [3.05, 3.63) is 34.7 Å². The summed E-state index contributed by atoms with van der Waals surface area (Å²) in [6.45, 7) is 0.0000501. The highest BCUT2D eigenvalue weighted by atomic mass is 35.5. The molecule has 0 aliphatic heterocycles. The number of nitrogens with two attached hydrogens (primary N) is 1. The van der Waals surface area contributed by atoms with E-state index in [0.717, 1.165) is 6.07 Å². The molecular weight excluding hydrogens is 255 g/mol. The fraction of sp³-hybridized carbons (Fsp3) is 0.200. The maximum Gasteiger partial charge on any atom is 0.418 e. The van der Waals surface area contributed by atoms with Crippen LogP contribution in [-0.4, -0.2) is 9.97 Å². The minimum Gasteiger partial charge on any atom is -0.325 e. The Morgan fingerprint density at radius 2 is 1.94 bits per heavy atom. The lowest BCUT2D eigenvalue weighted by atomic mass is 10.1. The predicted molar refractivity (Wildman–Crippen MR) is 57.4 cm³/mol. The number of hydrogen-bond acceptors (Lipinski definition) is 3. The van der Waals surface area contributed by atoms with E-state index in [1.54, 1.807) is 0 Å². The highest BCUT2D eigenvalue weighted by Gasteiger charge is 2.33. The summed E-state index contributed by atoms with van der Waals surface area (Å²) in [7, 11) is 0. The number of benzene rings is 1. The zero-order chi connectivity index (χ0) is 12.6. The lowest BCUT2D eigenvalue weighted by Gasteiger charge is -2.11. The van der Waals surface area contributed by atoms with Gasteiger partial charge in [0, 0.05) is 11.9 Å². The number of para-hydroxylation sites is 1. The molecule has 3 nitrogen and oxygen atoms in total. The Morgan fingerprint density at radius 1 is 1.24 bits per heavy atom. The van der Waals surface area contributed by atoms with Gasteiger partial charge in [0.15, 0.2) is 0 Å². The first kappa shape index (κ1) is 12.1. The molecule has 0 fully saturated rings. The number of halogens is 4. The molecule has 1 aromatic carbocycles. The van der Waals surface area contributed by atoms with Gasteiger partial charge in [-0.1, -0.05) is 12.1 Å². The Hall–Kier alpha value is -1.40. The van der Waals surface area contributed by atoms with E-state index in [4.69, 9.17) is 17.3 Å². The van der Waals surface area contributed by atoms with Gasteiger partial charge in [-0.2, -0.15) is 13.2 Å². The van der Waals surface area contributed by atoms with Crippen LogP contribution in [0.5, 0.6) is 0 Å². The van der Waals surface area contributed by atoms with E-state index in [0.29, 0.717) is 5.69 Å². The van der Waals surface area contributed by atoms with Gasteiger partial charge in [0.2, 0.25) is 5.28 Å². The van der Waals surface area contributed by atoms with Crippen molar-refractivity contribution in [3.63, 3.8) is 0 Å². The number of fused-ring (bicyclic) bond motifs is 1. The SMILES string of the molecule is NCc1nc(Cl)nc2c(C(F)(F)F)cccc12. The minimum absolute atomic E-state index is 0.0000501. The van der Waals surface area contributed by atoms with Gasteiger partial charge in [-0.3, -0.25) is 0 Å². The summed E-state index contributed by atoms with van der Waals surface area (Å²) in [5.41, 5.74) is 4.65. The largest absolute Gasteiger partial charge is 0.418 e. The predicted octanol–water partition coefficient (Wildman–Crippen LogP) is 2.76. The number of hydrogen-bond donors (Lipinski definition) is 1. The summed E-state index contributed by atoms with van der Waals surface area (Å²) >= 11 is 5.58. The summed E-state index contributed by atoms with van der Waals surface area (Å²) in [5, 5.41) is 0.0291. The quantitative estimate of drug-likeness (QED) is 0.803. The zero-order valence-corrected chi connectivity index (χ0v) is 9.18. The molecule has 0 bridgehead atoms. The van der Waals surface area contributed by atoms with E-state index < -0.39 is 11.7 Å². The van der Waals surface area contributed by atoms with Crippen molar-refractivity contribution in [1.29, 1.82) is 0 Å². The van der Waals surface area contributed by atoms with Crippen LogP contribution in [0.1, 0.15) is 11.3 Å². The molecule has 7 heteroatoms. The van der Waals surface area contributed by atoms with Crippen LogP contribution in [0.2, 0.25) is 5.28 Å². The Labute approximate surface area is 99.4 Å². The van der Waals surface area contributed by atoms with Crippen molar-refractivity contribution in [2.75, 3.05) is 0 Å². The molecule has 17 heavy (non-hydrogen) atoms. The average Bonchev–Trinajstić information content (AvgIpc) is 2.25. The maximum atomic E-state index is 12.8. The molecular formula is C10H7ClF3N3. The molecule has 2 aromatic rings. The van der Waals surface area contributed by atoms with Crippen molar-refractivity contribution in [2.45, 2.75) is 12.7 Å². The van der Waals surface area contributed by atoms with Crippen LogP contribution in [0.4, 0.5) is 13.2 Å². The van der Waals surface area contributed by atoms with E-state index in [9.17, 15) is 13.2 Å². The molecule has 0 saturated carbocycles. The van der Waals surface area contributed by atoms with Gasteiger partial charge in [0.05, 0.1) is 16.8 Å². The van der Waals surface area contributed by atoms with Crippen molar-refractivity contribution in [3.8, 4) is 0 Å². The summed E-state index contributed by atoms with van der Waals surface area (Å²) in [6.07, 6.45) is -4.48. The fourth-order valence-corrected chi connectivity index (χ4v) is 1.76. The second-order valence-corrected chi connectivity index (χ2v) is 3.68. The van der Waals surface area contributed by atoms with Gasteiger partial charge in [0.25, 0.3) is 0 Å². The van der Waals surface area contributed by atoms with Gasteiger partial charge in [0.1, 0.15) is 0 Å². The van der Waals surface area contributed by atoms with E-state index in [2.05, 4.69) is 9.97 Å². The van der Waals surface area contributed by atoms with Crippen LogP contribution in [0, 0.1) is 0 Å². The first-order valence-electron chi connectivity index (χ1n) is 4.66. The third kappa shape index (κ3) is 2.18. The molecule has 0 unspecified atom stereocenters. The molecule has 0 radical (unpaired) electrons. The Bertz CT molecular complexity index is 568. The van der Waals surface area contributed by atoms with Gasteiger partial charge >= 0.3 is 6.18 Å². The summed E-state index contributed by atoms with van der Waals surface area (Å²) < 4.78 is 38.3. The number of rotatable bonds is 1. The first-order chi connectivity index (χ1) is 7.93. The Morgan fingerprint density at radius 3 is 2.53 bits per heavy atom. The second kappa shape index (κ2) is 4.12. The van der Waals surface area contributed by atoms with Crippen LogP contribution >= 0.6 is 11.6 Å². The molecule has 0 aliphatic carbocycles. The summed E-state index contributed by atoms with van der Waals surface area (Å²) in [5.74, 6) is 0. The molecule has 0 amide bonds. The monoisotopic (exact) mass is 261 g/mol. The van der Waals surface area contributed by atoms with Gasteiger partial charge < -0.3 is 5.73 Å². The third-order valence-electron chi connectivity index (χ3n) is 2.28. The molecule has 0 atom stereocenters. The van der Waals surface area contributed by atoms with E-state index in [1.165, 1.54) is 12.1 Å². The topological polar surface area (TPSA) is 51.8 Å². The standard InChI is InChI=1S/C10H7ClF3N3/c11-9-16-7(4-15)5-2-1-3-6(8(5)17-9)10(12,13)14/h1-3H,4,15H2. The van der Waals surface area contributed by atoms with Crippen LogP contribution in [0.15, 0.2) is 18.2 Å². The molecule has 0 saturated heterocycles. The molecule has 2 N–H and O–H groups in total. The highest BCUT2D eigenvalue weighted by Crippen LogP contribution is 2.34. The highest BCUT2D eigenvalue weighted by molar-refractivity contribution is 6.28. The van der Waals surface area contributed by atoms with E-state index >= 15 is 0 Å². The molecule has 90 valence electrons. The zero-order valence-electron chi connectivity index (χ0n) is 8.42. The van der Waals surface area contributed by atoms with Crippen LogP contribution in [-0.2, 0) is 12.7 Å². The lowest BCUT2D eigenvalue weighted by Crippen LogP contribution is -2.09. The third-order valence-corrected chi connectivity index (χ3v) is 2.45. The summed E-state index contributed by atoms with van der Waals surface area (Å²) in [6, 6.07) is 3.73. The number of alkyl halides is 3. The first-order valence-corrected chi connectivity index (χ1v) is 5.03. The van der Waals surface area contributed by atoms with Crippen LogP contribution in [0.25, 0.3) is 10.9 Å². The number of nitrogens with zero attached hydrogens (tertiary/aromatic N) is 2. The molecule has 1 aromatic heterocycles. The molecule has 0 aliphatic rings. The lowest BCUT2D eigenvalue weighted by molar-refractivity contribution is -0.136. The Balaban J connectivity index is 2.85. The van der Waals surface area contributed by atoms with Crippen LogP contribution < -0.4 is 5.73 Å². The van der Waals surface area contributed by atoms with Crippen molar-refractivity contribution in [2.24, 2.45) is 5.73 Å². The summed E-state index contributed by atoms with van der Waals surface area (Å²) in [4.78, 5) is 7.43. The Kier molecular flexibility index (Phi) is 2.92. The normalized spacial score (nSPS) is 12.1. The van der Waals surface area contributed by atoms with E-state index in [1.807, 2.05) is 0 Å². The second-order valence-electron chi connectivity index (χ2n) is 3.34. The average molecular weight is 262 g/mol. The van der Waals surface area contributed by atoms with Crippen LogP contribution in [0.3, 0.4) is 0 Å². The smallest absolute Gasteiger partial charge is 0.325 e.